The summed E-state index contributed by atoms with van der Waals surface area (Å²) in [5, 5.41) is 2.37. The monoisotopic (exact) mass is 440 g/mol. The minimum absolute atomic E-state index is 0.171. The van der Waals surface area contributed by atoms with Crippen LogP contribution in [0.2, 0.25) is 0 Å². The molecule has 2 aromatic carbocycles. The van der Waals surface area contributed by atoms with Crippen LogP contribution in [0.3, 0.4) is 0 Å². The van der Waals surface area contributed by atoms with Gasteiger partial charge >= 0.3 is 5.97 Å². The van der Waals surface area contributed by atoms with E-state index in [1.807, 2.05) is 23.6 Å². The maximum Gasteiger partial charge on any atom is 0.338 e. The molecule has 0 bridgehead atoms. The first-order valence-corrected chi connectivity index (χ1v) is 10.6. The van der Waals surface area contributed by atoms with Gasteiger partial charge in [0, 0.05) is 12.3 Å². The number of hydrogen-bond donors (Lipinski definition) is 0. The van der Waals surface area contributed by atoms with E-state index >= 15 is 0 Å². The van der Waals surface area contributed by atoms with Crippen LogP contribution in [-0.2, 0) is 16.1 Å². The second-order valence-corrected chi connectivity index (χ2v) is 7.75. The number of carbonyl (C=O) groups is 2. The Morgan fingerprint density at radius 1 is 1.10 bits per heavy atom. The van der Waals surface area contributed by atoms with Gasteiger partial charge in [0.25, 0.3) is 0 Å². The second-order valence-electron chi connectivity index (χ2n) is 6.91. The number of methoxy groups -OCH3 is 1. The maximum atomic E-state index is 12.3. The third-order valence-corrected chi connectivity index (χ3v) is 5.07. The van der Waals surface area contributed by atoms with Gasteiger partial charge in [0.1, 0.15) is 18.1 Å². The minimum atomic E-state index is -0.369. The fourth-order valence-electron chi connectivity index (χ4n) is 2.81. The molecule has 0 radical (unpaired) electrons. The van der Waals surface area contributed by atoms with Crippen molar-refractivity contribution in [2.45, 2.75) is 33.5 Å². The van der Waals surface area contributed by atoms with E-state index in [2.05, 4.69) is 4.98 Å². The van der Waals surface area contributed by atoms with Crippen LogP contribution in [0.25, 0.3) is 0 Å². The molecular weight excluding hydrogens is 416 g/mol. The molecule has 0 aliphatic rings. The highest BCUT2D eigenvalue weighted by atomic mass is 32.1. The molecule has 0 atom stereocenters. The summed E-state index contributed by atoms with van der Waals surface area (Å²) in [6.45, 7) is 5.32. The summed E-state index contributed by atoms with van der Waals surface area (Å²) >= 11 is 1.34. The van der Waals surface area contributed by atoms with Crippen LogP contribution in [0.1, 0.15) is 36.8 Å². The van der Waals surface area contributed by atoms with Crippen molar-refractivity contribution in [3.05, 3.63) is 65.2 Å². The highest BCUT2D eigenvalue weighted by Crippen LogP contribution is 2.35. The first kappa shape index (κ1) is 22.3. The summed E-state index contributed by atoms with van der Waals surface area (Å²) in [6.07, 6.45) is -0.173. The first-order chi connectivity index (χ1) is 14.9. The zero-order chi connectivity index (χ0) is 22.4. The van der Waals surface area contributed by atoms with Crippen molar-refractivity contribution in [2.24, 2.45) is 0 Å². The molecule has 1 aromatic heterocycles. The van der Waals surface area contributed by atoms with Crippen LogP contribution in [-0.4, -0.2) is 30.1 Å². The Morgan fingerprint density at radius 2 is 1.81 bits per heavy atom. The highest BCUT2D eigenvalue weighted by molar-refractivity contribution is 7.14. The molecular formula is C23H24N2O5S. The Labute approximate surface area is 185 Å². The van der Waals surface area contributed by atoms with Gasteiger partial charge in [-0.05, 0) is 50.2 Å². The van der Waals surface area contributed by atoms with Gasteiger partial charge in [-0.25, -0.2) is 9.78 Å². The van der Waals surface area contributed by atoms with Crippen molar-refractivity contribution in [1.82, 2.24) is 4.98 Å². The Balaban J connectivity index is 1.69. The number of para-hydroxylation sites is 2. The number of anilines is 2. The number of ether oxygens (including phenoxy) is 3. The normalized spacial score (nSPS) is 10.6. The first-order valence-electron chi connectivity index (χ1n) is 9.71. The quantitative estimate of drug-likeness (QED) is 0.460. The van der Waals surface area contributed by atoms with Crippen molar-refractivity contribution < 1.29 is 23.8 Å². The molecule has 0 fully saturated rings. The molecule has 7 nitrogen and oxygen atoms in total. The van der Waals surface area contributed by atoms with Crippen LogP contribution in [0.15, 0.2) is 53.9 Å². The molecule has 8 heteroatoms. The van der Waals surface area contributed by atoms with Crippen LogP contribution in [0, 0.1) is 0 Å². The molecule has 3 aromatic rings. The number of thiazole rings is 1. The summed E-state index contributed by atoms with van der Waals surface area (Å²) in [6, 6.07) is 14.0. The SMILES string of the molecule is COc1ccccc1N(C(C)=O)c1nc(COc2ccc(C(=O)OC(C)C)cc2)cs1. The molecule has 0 N–H and O–H groups in total. The van der Waals surface area contributed by atoms with Gasteiger partial charge in [-0.2, -0.15) is 0 Å². The molecule has 0 saturated heterocycles. The molecule has 31 heavy (non-hydrogen) atoms. The molecule has 0 aliphatic carbocycles. The number of nitrogens with zero attached hydrogens (tertiary/aromatic N) is 2. The smallest absolute Gasteiger partial charge is 0.338 e. The van der Waals surface area contributed by atoms with Crippen molar-refractivity contribution in [1.29, 1.82) is 0 Å². The average Bonchev–Trinajstić information content (AvgIpc) is 3.20. The zero-order valence-electron chi connectivity index (χ0n) is 17.8. The lowest BCUT2D eigenvalue weighted by Crippen LogP contribution is -2.23. The number of esters is 1. The van der Waals surface area contributed by atoms with Gasteiger partial charge in [-0.3, -0.25) is 9.69 Å². The number of amides is 1. The number of carbonyl (C=O) groups excluding carboxylic acids is 2. The molecule has 3 rings (SSSR count). The van der Waals surface area contributed by atoms with E-state index in [9.17, 15) is 9.59 Å². The summed E-state index contributed by atoms with van der Waals surface area (Å²) in [5.41, 5.74) is 1.78. The molecule has 162 valence electrons. The van der Waals surface area contributed by atoms with E-state index < -0.39 is 0 Å². The zero-order valence-corrected chi connectivity index (χ0v) is 18.6. The summed E-state index contributed by atoms with van der Waals surface area (Å²) in [5.74, 6) is 0.645. The lowest BCUT2D eigenvalue weighted by atomic mass is 10.2. The predicted octanol–water partition coefficient (Wildman–Crippen LogP) is 4.98. The number of aromatic nitrogens is 1. The minimum Gasteiger partial charge on any atom is -0.495 e. The van der Waals surface area contributed by atoms with Gasteiger partial charge in [-0.1, -0.05) is 12.1 Å². The third kappa shape index (κ3) is 5.61. The molecule has 1 amide bonds. The molecule has 0 unspecified atom stereocenters. The van der Waals surface area contributed by atoms with Gasteiger partial charge in [0.05, 0.1) is 30.2 Å². The van der Waals surface area contributed by atoms with Crippen molar-refractivity contribution in [3.63, 3.8) is 0 Å². The van der Waals surface area contributed by atoms with Crippen molar-refractivity contribution in [2.75, 3.05) is 12.0 Å². The van der Waals surface area contributed by atoms with Crippen LogP contribution < -0.4 is 14.4 Å². The number of rotatable bonds is 8. The maximum absolute atomic E-state index is 12.3. The van der Waals surface area contributed by atoms with E-state index in [-0.39, 0.29) is 24.6 Å². The Bertz CT molecular complexity index is 1050. The van der Waals surface area contributed by atoms with Gasteiger partial charge < -0.3 is 14.2 Å². The third-order valence-electron chi connectivity index (χ3n) is 4.19. The van der Waals surface area contributed by atoms with Gasteiger partial charge in [0.15, 0.2) is 5.13 Å². The largest absolute Gasteiger partial charge is 0.495 e. The average molecular weight is 441 g/mol. The lowest BCUT2D eigenvalue weighted by molar-refractivity contribution is -0.115. The van der Waals surface area contributed by atoms with E-state index in [0.29, 0.717) is 33.6 Å². The van der Waals surface area contributed by atoms with E-state index in [1.54, 1.807) is 51.3 Å². The lowest BCUT2D eigenvalue weighted by Gasteiger charge is -2.20. The fourth-order valence-corrected chi connectivity index (χ4v) is 3.68. The Kier molecular flexibility index (Phi) is 7.25. The molecule has 0 spiro atoms. The van der Waals surface area contributed by atoms with Crippen LogP contribution in [0.5, 0.6) is 11.5 Å². The second kappa shape index (κ2) is 10.1. The van der Waals surface area contributed by atoms with Crippen molar-refractivity contribution >= 4 is 34.0 Å². The molecule has 0 aliphatic heterocycles. The van der Waals surface area contributed by atoms with Crippen molar-refractivity contribution in [3.8, 4) is 11.5 Å². The summed E-state index contributed by atoms with van der Waals surface area (Å²) in [4.78, 5) is 30.3. The number of hydrogen-bond acceptors (Lipinski definition) is 7. The van der Waals surface area contributed by atoms with E-state index in [4.69, 9.17) is 14.2 Å². The fraction of sp³-hybridized carbons (Fsp3) is 0.261. The van der Waals surface area contributed by atoms with E-state index in [0.717, 1.165) is 0 Å². The standard InChI is InChI=1S/C23H24N2O5S/c1-15(2)30-22(27)17-9-11-19(12-10-17)29-13-18-14-31-23(24-18)25(16(3)26)20-7-5-6-8-21(20)28-4/h5-12,14-15H,13H2,1-4H3. The molecule has 0 saturated carbocycles. The van der Waals surface area contributed by atoms with Gasteiger partial charge in [-0.15, -0.1) is 11.3 Å². The van der Waals surface area contributed by atoms with Crippen LogP contribution in [0.4, 0.5) is 10.8 Å². The Hall–Kier alpha value is -3.39. The molecule has 1 heterocycles. The highest BCUT2D eigenvalue weighted by Gasteiger charge is 2.21. The predicted molar refractivity (Wildman–Crippen MR) is 119 cm³/mol. The summed E-state index contributed by atoms with van der Waals surface area (Å²) < 4.78 is 16.3. The van der Waals surface area contributed by atoms with Crippen LogP contribution >= 0.6 is 11.3 Å². The van der Waals surface area contributed by atoms with Gasteiger partial charge in [0.2, 0.25) is 5.91 Å². The van der Waals surface area contributed by atoms with E-state index in [1.165, 1.54) is 23.2 Å². The number of benzene rings is 2. The Morgan fingerprint density at radius 3 is 2.45 bits per heavy atom. The topological polar surface area (TPSA) is 78.0 Å². The summed E-state index contributed by atoms with van der Waals surface area (Å²) in [7, 11) is 1.56.